The summed E-state index contributed by atoms with van der Waals surface area (Å²) >= 11 is 1.67. The van der Waals surface area contributed by atoms with Crippen LogP contribution < -0.4 is 5.32 Å². The zero-order valence-electron chi connectivity index (χ0n) is 13.3. The number of hydrogen-bond acceptors (Lipinski definition) is 3. The van der Waals surface area contributed by atoms with Crippen LogP contribution in [0.3, 0.4) is 0 Å². The molecule has 0 radical (unpaired) electrons. The van der Waals surface area contributed by atoms with Gasteiger partial charge >= 0.3 is 0 Å². The number of hydrogen-bond donors (Lipinski definition) is 1. The van der Waals surface area contributed by atoms with Crippen molar-refractivity contribution in [2.24, 2.45) is 5.92 Å². The summed E-state index contributed by atoms with van der Waals surface area (Å²) in [5.41, 5.74) is 2.57. The molecular formula is C18H25NOS. The average molecular weight is 303 g/mol. The number of thioether (sulfide) groups is 1. The van der Waals surface area contributed by atoms with Gasteiger partial charge in [-0.15, -0.1) is 11.8 Å². The summed E-state index contributed by atoms with van der Waals surface area (Å²) in [5.74, 6) is 1.11. The molecule has 0 saturated carbocycles. The quantitative estimate of drug-likeness (QED) is 0.812. The lowest BCUT2D eigenvalue weighted by Crippen LogP contribution is -2.23. The van der Waals surface area contributed by atoms with Crippen molar-refractivity contribution in [3.63, 3.8) is 0 Å². The van der Waals surface area contributed by atoms with Crippen LogP contribution in [0.4, 0.5) is 0 Å². The summed E-state index contributed by atoms with van der Waals surface area (Å²) in [4.78, 5) is 11.5. The van der Waals surface area contributed by atoms with E-state index in [9.17, 15) is 4.79 Å². The summed E-state index contributed by atoms with van der Waals surface area (Å²) < 4.78 is 0. The fraction of sp³-hybridized carbons (Fsp3) is 0.389. The zero-order chi connectivity index (χ0) is 15.7. The van der Waals surface area contributed by atoms with E-state index in [1.807, 2.05) is 26.8 Å². The summed E-state index contributed by atoms with van der Waals surface area (Å²) in [7, 11) is 0. The third-order valence-corrected chi connectivity index (χ3v) is 4.57. The molecule has 1 aromatic rings. The highest BCUT2D eigenvalue weighted by Gasteiger charge is 2.26. The van der Waals surface area contributed by atoms with Crippen molar-refractivity contribution in [3.8, 4) is 0 Å². The van der Waals surface area contributed by atoms with Gasteiger partial charge in [0.05, 0.1) is 11.1 Å². The first-order valence-corrected chi connectivity index (χ1v) is 8.56. The van der Waals surface area contributed by atoms with Gasteiger partial charge in [-0.2, -0.15) is 0 Å². The molecule has 3 heteroatoms. The minimum atomic E-state index is 0.176. The van der Waals surface area contributed by atoms with Crippen LogP contribution in [0.15, 0.2) is 48.7 Å². The molecule has 2 atom stereocenters. The van der Waals surface area contributed by atoms with E-state index in [0.29, 0.717) is 11.7 Å². The summed E-state index contributed by atoms with van der Waals surface area (Å²) in [6, 6.07) is 10.4. The van der Waals surface area contributed by atoms with Gasteiger partial charge in [-0.25, -0.2) is 0 Å². The fourth-order valence-electron chi connectivity index (χ4n) is 2.19. The van der Waals surface area contributed by atoms with E-state index >= 15 is 0 Å². The Kier molecular flexibility index (Phi) is 7.91. The monoisotopic (exact) mass is 303 g/mol. The third kappa shape index (κ3) is 5.09. The van der Waals surface area contributed by atoms with E-state index in [1.165, 1.54) is 11.1 Å². The standard InChI is InChI=1S/C16H19NOS.C2H6/c1-3-7-14(18)11-19-16-12(2)15(10-17-16)13-8-5-4-6-9-13;1-2/h3-10,12,16-17H,11H2,1-2H3;1-2H3/b7-3+;. The van der Waals surface area contributed by atoms with Gasteiger partial charge in [0.1, 0.15) is 0 Å². The highest BCUT2D eigenvalue weighted by molar-refractivity contribution is 8.00. The van der Waals surface area contributed by atoms with Gasteiger partial charge in [-0.3, -0.25) is 4.79 Å². The van der Waals surface area contributed by atoms with Crippen LogP contribution in [-0.2, 0) is 4.79 Å². The van der Waals surface area contributed by atoms with Gasteiger partial charge in [-0.1, -0.05) is 57.2 Å². The summed E-state index contributed by atoms with van der Waals surface area (Å²) in [5, 5.41) is 3.66. The highest BCUT2D eigenvalue weighted by atomic mass is 32.2. The van der Waals surface area contributed by atoms with Crippen molar-refractivity contribution >= 4 is 23.1 Å². The molecule has 2 nitrogen and oxygen atoms in total. The summed E-state index contributed by atoms with van der Waals surface area (Å²) in [6.45, 7) is 8.07. The first-order chi connectivity index (χ1) is 10.2. The molecule has 0 aromatic heterocycles. The second-order valence-electron chi connectivity index (χ2n) is 4.62. The van der Waals surface area contributed by atoms with Crippen molar-refractivity contribution in [1.29, 1.82) is 0 Å². The van der Waals surface area contributed by atoms with Crippen LogP contribution in [0.1, 0.15) is 33.3 Å². The molecule has 2 unspecified atom stereocenters. The molecule has 1 N–H and O–H groups in total. The minimum absolute atomic E-state index is 0.176. The lowest BCUT2D eigenvalue weighted by Gasteiger charge is -2.17. The number of rotatable bonds is 5. The molecule has 0 spiro atoms. The van der Waals surface area contributed by atoms with E-state index < -0.39 is 0 Å². The number of carbonyl (C=O) groups is 1. The Balaban J connectivity index is 0.00000106. The first-order valence-electron chi connectivity index (χ1n) is 7.51. The molecule has 1 aliphatic rings. The van der Waals surface area contributed by atoms with Gasteiger partial charge in [0, 0.05) is 12.1 Å². The zero-order valence-corrected chi connectivity index (χ0v) is 14.1. The Bertz CT molecular complexity index is 493. The Labute approximate surface area is 132 Å². The second kappa shape index (κ2) is 9.46. The van der Waals surface area contributed by atoms with Crippen molar-refractivity contribution in [2.75, 3.05) is 5.75 Å². The molecular weight excluding hydrogens is 278 g/mol. The van der Waals surface area contributed by atoms with Crippen molar-refractivity contribution in [2.45, 2.75) is 33.1 Å². The van der Waals surface area contributed by atoms with Crippen LogP contribution in [0.25, 0.3) is 5.57 Å². The molecule has 0 saturated heterocycles. The molecule has 1 aromatic carbocycles. The van der Waals surface area contributed by atoms with E-state index in [1.54, 1.807) is 23.9 Å². The van der Waals surface area contributed by atoms with E-state index in [4.69, 9.17) is 0 Å². The number of ketones is 1. The SMILES string of the molecule is C/C=C/C(=O)CSC1NC=C(c2ccccc2)C1C.CC. The van der Waals surface area contributed by atoms with Gasteiger partial charge in [0.25, 0.3) is 0 Å². The maximum atomic E-state index is 11.5. The lowest BCUT2D eigenvalue weighted by atomic mass is 9.97. The van der Waals surface area contributed by atoms with Gasteiger partial charge in [0.2, 0.25) is 0 Å². The summed E-state index contributed by atoms with van der Waals surface area (Å²) in [6.07, 6.45) is 5.51. The van der Waals surface area contributed by atoms with Crippen LogP contribution in [-0.4, -0.2) is 16.9 Å². The van der Waals surface area contributed by atoms with Crippen molar-refractivity contribution in [1.82, 2.24) is 5.32 Å². The van der Waals surface area contributed by atoms with Gasteiger partial charge < -0.3 is 5.32 Å². The highest BCUT2D eigenvalue weighted by Crippen LogP contribution is 2.34. The third-order valence-electron chi connectivity index (χ3n) is 3.21. The number of allylic oxidation sites excluding steroid dienone is 2. The minimum Gasteiger partial charge on any atom is -0.378 e. The molecule has 114 valence electrons. The van der Waals surface area contributed by atoms with Crippen LogP contribution in [0.2, 0.25) is 0 Å². The largest absolute Gasteiger partial charge is 0.378 e. The Morgan fingerprint density at radius 3 is 2.57 bits per heavy atom. The van der Waals surface area contributed by atoms with Gasteiger partial charge in [0.15, 0.2) is 5.78 Å². The van der Waals surface area contributed by atoms with E-state index in [2.05, 4.69) is 42.7 Å². The fourth-order valence-corrected chi connectivity index (χ4v) is 3.23. The van der Waals surface area contributed by atoms with Crippen molar-refractivity contribution < 1.29 is 4.79 Å². The molecule has 0 amide bonds. The van der Waals surface area contributed by atoms with Crippen molar-refractivity contribution in [3.05, 3.63) is 54.2 Å². The Morgan fingerprint density at radius 1 is 1.29 bits per heavy atom. The van der Waals surface area contributed by atoms with Crippen LogP contribution in [0, 0.1) is 5.92 Å². The topological polar surface area (TPSA) is 29.1 Å². The molecule has 2 rings (SSSR count). The average Bonchev–Trinajstić information content (AvgIpc) is 2.89. The normalized spacial score (nSPS) is 20.5. The Hall–Kier alpha value is -1.48. The lowest BCUT2D eigenvalue weighted by molar-refractivity contribution is -0.112. The van der Waals surface area contributed by atoms with Crippen LogP contribution >= 0.6 is 11.8 Å². The number of carbonyl (C=O) groups excluding carboxylic acids is 1. The van der Waals surface area contributed by atoms with E-state index in [0.717, 1.165) is 0 Å². The molecule has 21 heavy (non-hydrogen) atoms. The molecule has 0 aliphatic carbocycles. The van der Waals surface area contributed by atoms with Gasteiger partial charge in [-0.05, 0) is 24.1 Å². The predicted octanol–water partition coefficient (Wildman–Crippen LogP) is 4.50. The predicted molar refractivity (Wildman–Crippen MR) is 94.1 cm³/mol. The molecule has 0 fully saturated rings. The first kappa shape index (κ1) is 17.6. The maximum absolute atomic E-state index is 11.5. The maximum Gasteiger partial charge on any atom is 0.165 e. The van der Waals surface area contributed by atoms with Crippen LogP contribution in [0.5, 0.6) is 0 Å². The molecule has 1 aliphatic heterocycles. The number of benzene rings is 1. The number of nitrogens with one attached hydrogen (secondary N) is 1. The Morgan fingerprint density at radius 2 is 1.95 bits per heavy atom. The molecule has 0 bridgehead atoms. The smallest absolute Gasteiger partial charge is 0.165 e. The van der Waals surface area contributed by atoms with E-state index in [-0.39, 0.29) is 11.2 Å². The second-order valence-corrected chi connectivity index (χ2v) is 5.75. The molecule has 1 heterocycles.